The van der Waals surface area contributed by atoms with Crippen molar-refractivity contribution >= 4 is 11.8 Å². The number of carbonyl (C=O) groups is 2. The normalized spacial score (nSPS) is 17.9. The van der Waals surface area contributed by atoms with Gasteiger partial charge >= 0.3 is 0 Å². The van der Waals surface area contributed by atoms with E-state index in [9.17, 15) is 9.59 Å². The van der Waals surface area contributed by atoms with Crippen molar-refractivity contribution in [2.45, 2.75) is 32.7 Å². The van der Waals surface area contributed by atoms with Crippen molar-refractivity contribution in [3.05, 3.63) is 12.7 Å². The summed E-state index contributed by atoms with van der Waals surface area (Å²) in [5.41, 5.74) is 5.91. The number of likely N-dealkylation sites (tertiary alicyclic amines) is 1. The molecule has 1 aliphatic heterocycles. The third-order valence-corrected chi connectivity index (χ3v) is 4.01. The van der Waals surface area contributed by atoms with Gasteiger partial charge in [-0.2, -0.15) is 0 Å². The minimum Gasteiger partial charge on any atom is -0.342 e. The standard InChI is InChI=1S/C15H27N3O2/c1-5-13(19)17(4)10-12-6-8-18(9-7-12)15(20)14(16)11(2)3/h5,11-12,14H,1,6-10,16H2,2-4H3/t14-/m0/s1. The molecule has 2 amide bonds. The zero-order chi connectivity index (χ0) is 15.3. The van der Waals surface area contributed by atoms with Crippen LogP contribution in [0.3, 0.4) is 0 Å². The molecule has 20 heavy (non-hydrogen) atoms. The fourth-order valence-electron chi connectivity index (χ4n) is 2.47. The number of nitrogens with two attached hydrogens (primary N) is 1. The van der Waals surface area contributed by atoms with Crippen molar-refractivity contribution in [3.63, 3.8) is 0 Å². The van der Waals surface area contributed by atoms with Crippen molar-refractivity contribution < 1.29 is 9.59 Å². The van der Waals surface area contributed by atoms with Crippen molar-refractivity contribution in [2.24, 2.45) is 17.6 Å². The molecular formula is C15H27N3O2. The summed E-state index contributed by atoms with van der Waals surface area (Å²) in [6, 6.07) is -0.406. The van der Waals surface area contributed by atoms with Gasteiger partial charge in [-0.3, -0.25) is 9.59 Å². The molecule has 1 fully saturated rings. The summed E-state index contributed by atoms with van der Waals surface area (Å²) < 4.78 is 0. The first-order valence-electron chi connectivity index (χ1n) is 7.28. The number of rotatable bonds is 5. The van der Waals surface area contributed by atoms with Gasteiger partial charge in [-0.05, 0) is 30.8 Å². The summed E-state index contributed by atoms with van der Waals surface area (Å²) in [6.45, 7) is 9.61. The lowest BCUT2D eigenvalue weighted by Crippen LogP contribution is -2.50. The molecule has 0 aromatic heterocycles. The molecule has 0 aromatic carbocycles. The lowest BCUT2D eigenvalue weighted by atomic mass is 9.94. The topological polar surface area (TPSA) is 66.6 Å². The van der Waals surface area contributed by atoms with Gasteiger partial charge in [0.1, 0.15) is 0 Å². The van der Waals surface area contributed by atoms with Crippen LogP contribution < -0.4 is 5.73 Å². The van der Waals surface area contributed by atoms with E-state index in [1.165, 1.54) is 6.08 Å². The van der Waals surface area contributed by atoms with Gasteiger partial charge in [-0.15, -0.1) is 0 Å². The summed E-state index contributed by atoms with van der Waals surface area (Å²) in [4.78, 5) is 27.1. The number of likely N-dealkylation sites (N-methyl/N-ethyl adjacent to an activating group) is 1. The van der Waals surface area contributed by atoms with Gasteiger partial charge in [0.2, 0.25) is 11.8 Å². The quantitative estimate of drug-likeness (QED) is 0.760. The predicted molar refractivity (Wildman–Crippen MR) is 80.0 cm³/mol. The highest BCUT2D eigenvalue weighted by atomic mass is 16.2. The summed E-state index contributed by atoms with van der Waals surface area (Å²) in [5.74, 6) is 0.610. The monoisotopic (exact) mass is 281 g/mol. The molecule has 0 unspecified atom stereocenters. The van der Waals surface area contributed by atoms with Crippen LogP contribution in [0.25, 0.3) is 0 Å². The van der Waals surface area contributed by atoms with Gasteiger partial charge in [0.05, 0.1) is 6.04 Å². The fourth-order valence-corrected chi connectivity index (χ4v) is 2.47. The molecule has 0 spiro atoms. The SMILES string of the molecule is C=CC(=O)N(C)CC1CCN(C(=O)[C@@H](N)C(C)C)CC1. The first-order valence-corrected chi connectivity index (χ1v) is 7.28. The Morgan fingerprint density at radius 2 is 1.95 bits per heavy atom. The number of hydrogen-bond acceptors (Lipinski definition) is 3. The number of carbonyl (C=O) groups excluding carboxylic acids is 2. The van der Waals surface area contributed by atoms with Crippen LogP contribution in [-0.4, -0.2) is 54.3 Å². The van der Waals surface area contributed by atoms with Crippen LogP contribution in [0.1, 0.15) is 26.7 Å². The van der Waals surface area contributed by atoms with E-state index in [-0.39, 0.29) is 17.7 Å². The number of nitrogens with zero attached hydrogens (tertiary/aromatic N) is 2. The van der Waals surface area contributed by atoms with E-state index < -0.39 is 6.04 Å². The van der Waals surface area contributed by atoms with Gasteiger partial charge in [0.15, 0.2) is 0 Å². The molecule has 0 saturated carbocycles. The van der Waals surface area contributed by atoms with Crippen LogP contribution >= 0.6 is 0 Å². The minimum absolute atomic E-state index is 0.0500. The molecular weight excluding hydrogens is 254 g/mol. The first-order chi connectivity index (χ1) is 9.36. The van der Waals surface area contributed by atoms with E-state index in [0.717, 1.165) is 32.5 Å². The molecule has 0 aromatic rings. The van der Waals surface area contributed by atoms with Crippen molar-refractivity contribution in [1.29, 1.82) is 0 Å². The fraction of sp³-hybridized carbons (Fsp3) is 0.733. The van der Waals surface area contributed by atoms with Gasteiger partial charge in [-0.25, -0.2) is 0 Å². The average molecular weight is 281 g/mol. The zero-order valence-corrected chi connectivity index (χ0v) is 12.8. The molecule has 2 N–H and O–H groups in total. The lowest BCUT2D eigenvalue weighted by molar-refractivity contribution is -0.135. The molecule has 0 aliphatic carbocycles. The summed E-state index contributed by atoms with van der Waals surface area (Å²) >= 11 is 0. The Hall–Kier alpha value is -1.36. The van der Waals surface area contributed by atoms with E-state index in [4.69, 9.17) is 5.73 Å². The smallest absolute Gasteiger partial charge is 0.245 e. The van der Waals surface area contributed by atoms with Gasteiger partial charge in [-0.1, -0.05) is 20.4 Å². The molecule has 1 atom stereocenters. The second-order valence-electron chi connectivity index (χ2n) is 5.96. The Morgan fingerprint density at radius 3 is 2.40 bits per heavy atom. The highest BCUT2D eigenvalue weighted by Crippen LogP contribution is 2.19. The van der Waals surface area contributed by atoms with Crippen LogP contribution in [0.2, 0.25) is 0 Å². The summed E-state index contributed by atoms with van der Waals surface area (Å²) in [5, 5.41) is 0. The maximum atomic E-state index is 12.1. The molecule has 114 valence electrons. The lowest BCUT2D eigenvalue weighted by Gasteiger charge is -2.35. The predicted octanol–water partition coefficient (Wildman–Crippen LogP) is 0.853. The van der Waals surface area contributed by atoms with E-state index in [0.29, 0.717) is 5.92 Å². The Bertz CT molecular complexity index is 360. The van der Waals surface area contributed by atoms with Crippen LogP contribution in [0.4, 0.5) is 0 Å². The highest BCUT2D eigenvalue weighted by molar-refractivity contribution is 5.86. The van der Waals surface area contributed by atoms with Crippen LogP contribution in [-0.2, 0) is 9.59 Å². The van der Waals surface area contributed by atoms with Crippen molar-refractivity contribution in [3.8, 4) is 0 Å². The molecule has 5 heteroatoms. The van der Waals surface area contributed by atoms with Crippen LogP contribution in [0.5, 0.6) is 0 Å². The van der Waals surface area contributed by atoms with Crippen molar-refractivity contribution in [2.75, 3.05) is 26.7 Å². The minimum atomic E-state index is -0.406. The molecule has 1 heterocycles. The third-order valence-electron chi connectivity index (χ3n) is 4.01. The van der Waals surface area contributed by atoms with Gasteiger partial charge < -0.3 is 15.5 Å². The molecule has 0 bridgehead atoms. The molecule has 0 radical (unpaired) electrons. The second kappa shape index (κ2) is 7.43. The van der Waals surface area contributed by atoms with E-state index >= 15 is 0 Å². The Kier molecular flexibility index (Phi) is 6.20. The van der Waals surface area contributed by atoms with Crippen LogP contribution in [0, 0.1) is 11.8 Å². The maximum absolute atomic E-state index is 12.1. The van der Waals surface area contributed by atoms with E-state index in [1.54, 1.807) is 11.9 Å². The highest BCUT2D eigenvalue weighted by Gasteiger charge is 2.28. The Morgan fingerprint density at radius 1 is 1.40 bits per heavy atom. The van der Waals surface area contributed by atoms with Gasteiger partial charge in [0.25, 0.3) is 0 Å². The van der Waals surface area contributed by atoms with E-state index in [1.807, 2.05) is 18.7 Å². The second-order valence-corrected chi connectivity index (χ2v) is 5.96. The van der Waals surface area contributed by atoms with E-state index in [2.05, 4.69) is 6.58 Å². The number of piperidine rings is 1. The molecule has 5 nitrogen and oxygen atoms in total. The first kappa shape index (κ1) is 16.7. The average Bonchev–Trinajstić information content (AvgIpc) is 2.45. The zero-order valence-electron chi connectivity index (χ0n) is 12.8. The van der Waals surface area contributed by atoms with Crippen LogP contribution in [0.15, 0.2) is 12.7 Å². The van der Waals surface area contributed by atoms with Gasteiger partial charge in [0, 0.05) is 26.7 Å². The largest absolute Gasteiger partial charge is 0.342 e. The van der Waals surface area contributed by atoms with Crippen molar-refractivity contribution in [1.82, 2.24) is 9.80 Å². The molecule has 1 aliphatic rings. The number of amides is 2. The summed E-state index contributed by atoms with van der Waals surface area (Å²) in [6.07, 6.45) is 3.18. The summed E-state index contributed by atoms with van der Waals surface area (Å²) in [7, 11) is 1.79. The maximum Gasteiger partial charge on any atom is 0.245 e. The number of hydrogen-bond donors (Lipinski definition) is 1. The molecule has 1 rings (SSSR count). The molecule has 1 saturated heterocycles. The third kappa shape index (κ3) is 4.34. The Balaban J connectivity index is 2.42. The Labute approximate surface area is 121 Å².